The summed E-state index contributed by atoms with van der Waals surface area (Å²) in [6.45, 7) is 3.62. The van der Waals surface area contributed by atoms with Crippen LogP contribution in [0.5, 0.6) is 0 Å². The van der Waals surface area contributed by atoms with Gasteiger partial charge in [0.15, 0.2) is 0 Å². The van der Waals surface area contributed by atoms with E-state index in [4.69, 9.17) is 5.73 Å². The van der Waals surface area contributed by atoms with Crippen LogP contribution in [0.3, 0.4) is 0 Å². The van der Waals surface area contributed by atoms with Crippen LogP contribution in [0.2, 0.25) is 0 Å². The lowest BCUT2D eigenvalue weighted by Crippen LogP contribution is -2.44. The summed E-state index contributed by atoms with van der Waals surface area (Å²) >= 11 is 1.78. The van der Waals surface area contributed by atoms with E-state index in [-0.39, 0.29) is 0 Å². The molecule has 1 aliphatic rings. The molecule has 3 nitrogen and oxygen atoms in total. The van der Waals surface area contributed by atoms with Crippen LogP contribution in [0.25, 0.3) is 0 Å². The third-order valence-corrected chi connectivity index (χ3v) is 5.31. The van der Waals surface area contributed by atoms with Gasteiger partial charge in [-0.15, -0.1) is 11.3 Å². The van der Waals surface area contributed by atoms with Gasteiger partial charge in [0.25, 0.3) is 0 Å². The number of hydrogen-bond donors (Lipinski definition) is 1. The molecule has 1 heterocycles. The first-order valence-electron chi connectivity index (χ1n) is 7.78. The largest absolute Gasteiger partial charge is 0.340 e. The van der Waals surface area contributed by atoms with Crippen LogP contribution in [0.15, 0.2) is 17.5 Å². The van der Waals surface area contributed by atoms with E-state index in [1.165, 1.54) is 17.7 Å². The van der Waals surface area contributed by atoms with Crippen LogP contribution in [0.1, 0.15) is 43.9 Å². The van der Waals surface area contributed by atoms with Gasteiger partial charge in [0.1, 0.15) is 0 Å². The summed E-state index contributed by atoms with van der Waals surface area (Å²) in [6, 6.07) is 4.61. The summed E-state index contributed by atoms with van der Waals surface area (Å²) in [7, 11) is 0. The molecule has 1 saturated carbocycles. The second-order valence-corrected chi connectivity index (χ2v) is 6.64. The number of carbonyl (C=O) groups excluding carboxylic acids is 1. The van der Waals surface area contributed by atoms with Gasteiger partial charge in [-0.05, 0) is 56.5 Å². The van der Waals surface area contributed by atoms with Crippen LogP contribution in [-0.4, -0.2) is 29.9 Å². The minimum atomic E-state index is 0.314. The van der Waals surface area contributed by atoms with Crippen molar-refractivity contribution < 1.29 is 4.79 Å². The number of aryl methyl sites for hydroxylation is 1. The highest BCUT2D eigenvalue weighted by Gasteiger charge is 2.32. The molecule has 20 heavy (non-hydrogen) atoms. The van der Waals surface area contributed by atoms with Crippen molar-refractivity contribution in [1.82, 2.24) is 4.90 Å². The third-order valence-electron chi connectivity index (χ3n) is 4.38. The van der Waals surface area contributed by atoms with E-state index in [1.54, 1.807) is 11.3 Å². The molecule has 4 heteroatoms. The number of nitrogens with zero attached hydrogens (tertiary/aromatic N) is 1. The van der Waals surface area contributed by atoms with Gasteiger partial charge >= 0.3 is 0 Å². The van der Waals surface area contributed by atoms with Crippen LogP contribution in [-0.2, 0) is 11.2 Å². The first kappa shape index (κ1) is 15.5. The smallest absolute Gasteiger partial charge is 0.222 e. The van der Waals surface area contributed by atoms with Crippen molar-refractivity contribution in [3.63, 3.8) is 0 Å². The minimum Gasteiger partial charge on any atom is -0.340 e. The van der Waals surface area contributed by atoms with Crippen molar-refractivity contribution in [2.75, 3.05) is 13.1 Å². The standard InChI is InChI=1S/C16H26N2OS/c1-2-18(15-9-3-6-13(15)12-17)16(19)10-4-7-14-8-5-11-20-14/h5,8,11,13,15H,2-4,6-7,9-10,12,17H2,1H3. The van der Waals surface area contributed by atoms with E-state index in [0.717, 1.165) is 25.8 Å². The van der Waals surface area contributed by atoms with Gasteiger partial charge in [-0.2, -0.15) is 0 Å². The molecular formula is C16H26N2OS. The molecular weight excluding hydrogens is 268 g/mol. The van der Waals surface area contributed by atoms with E-state index in [0.29, 0.717) is 30.8 Å². The van der Waals surface area contributed by atoms with Crippen molar-refractivity contribution in [2.45, 2.75) is 51.5 Å². The minimum absolute atomic E-state index is 0.314. The van der Waals surface area contributed by atoms with E-state index >= 15 is 0 Å². The molecule has 2 N–H and O–H groups in total. The maximum Gasteiger partial charge on any atom is 0.222 e. The highest BCUT2D eigenvalue weighted by Crippen LogP contribution is 2.29. The second-order valence-electron chi connectivity index (χ2n) is 5.61. The van der Waals surface area contributed by atoms with Crippen LogP contribution in [0.4, 0.5) is 0 Å². The summed E-state index contributed by atoms with van der Waals surface area (Å²) in [5.41, 5.74) is 5.84. The van der Waals surface area contributed by atoms with Crippen molar-refractivity contribution >= 4 is 17.2 Å². The fourth-order valence-corrected chi connectivity index (χ4v) is 4.06. The predicted octanol–water partition coefficient (Wildman–Crippen LogP) is 3.05. The topological polar surface area (TPSA) is 46.3 Å². The highest BCUT2D eigenvalue weighted by molar-refractivity contribution is 7.09. The summed E-state index contributed by atoms with van der Waals surface area (Å²) in [5, 5.41) is 2.10. The molecule has 2 unspecified atom stereocenters. The number of hydrogen-bond acceptors (Lipinski definition) is 3. The van der Waals surface area contributed by atoms with Gasteiger partial charge < -0.3 is 10.6 Å². The van der Waals surface area contributed by atoms with Gasteiger partial charge in [-0.25, -0.2) is 0 Å². The molecule has 2 atom stereocenters. The second kappa shape index (κ2) is 7.79. The zero-order valence-electron chi connectivity index (χ0n) is 12.4. The number of thiophene rings is 1. The molecule has 112 valence electrons. The molecule has 1 fully saturated rings. The van der Waals surface area contributed by atoms with E-state index in [1.807, 2.05) is 0 Å². The number of carbonyl (C=O) groups is 1. The Morgan fingerprint density at radius 1 is 1.50 bits per heavy atom. The fourth-order valence-electron chi connectivity index (χ4n) is 3.31. The molecule has 0 aliphatic heterocycles. The molecule has 1 aromatic heterocycles. The van der Waals surface area contributed by atoms with E-state index in [2.05, 4.69) is 29.3 Å². The SMILES string of the molecule is CCN(C(=O)CCCc1cccs1)C1CCCC1CN. The maximum absolute atomic E-state index is 12.4. The van der Waals surface area contributed by atoms with Crippen LogP contribution >= 0.6 is 11.3 Å². The van der Waals surface area contributed by atoms with Gasteiger partial charge in [0.2, 0.25) is 5.91 Å². The Morgan fingerprint density at radius 2 is 2.35 bits per heavy atom. The molecule has 1 aromatic rings. The molecule has 0 aromatic carbocycles. The Labute approximate surface area is 126 Å². The summed E-state index contributed by atoms with van der Waals surface area (Å²) in [5.74, 6) is 0.825. The van der Waals surface area contributed by atoms with Gasteiger partial charge in [-0.1, -0.05) is 12.5 Å². The molecule has 0 spiro atoms. The zero-order valence-corrected chi connectivity index (χ0v) is 13.2. The number of amides is 1. The summed E-state index contributed by atoms with van der Waals surface area (Å²) in [4.78, 5) is 15.9. The number of rotatable bonds is 7. The molecule has 0 saturated heterocycles. The average Bonchev–Trinajstić information content (AvgIpc) is 3.10. The first-order valence-corrected chi connectivity index (χ1v) is 8.66. The van der Waals surface area contributed by atoms with Crippen LogP contribution in [0, 0.1) is 5.92 Å². The average molecular weight is 294 g/mol. The van der Waals surface area contributed by atoms with Crippen molar-refractivity contribution in [2.24, 2.45) is 11.7 Å². The highest BCUT2D eigenvalue weighted by atomic mass is 32.1. The maximum atomic E-state index is 12.4. The van der Waals surface area contributed by atoms with Crippen LogP contribution < -0.4 is 5.73 Å². The summed E-state index contributed by atoms with van der Waals surface area (Å²) < 4.78 is 0. The van der Waals surface area contributed by atoms with E-state index < -0.39 is 0 Å². The molecule has 0 bridgehead atoms. The normalized spacial score (nSPS) is 22.1. The lowest BCUT2D eigenvalue weighted by Gasteiger charge is -2.32. The first-order chi connectivity index (χ1) is 9.76. The quantitative estimate of drug-likeness (QED) is 0.840. The van der Waals surface area contributed by atoms with Crippen molar-refractivity contribution in [1.29, 1.82) is 0 Å². The Bertz CT molecular complexity index is 405. The molecule has 2 rings (SSSR count). The number of nitrogens with two attached hydrogens (primary N) is 1. The fraction of sp³-hybridized carbons (Fsp3) is 0.688. The van der Waals surface area contributed by atoms with Gasteiger partial charge in [-0.3, -0.25) is 4.79 Å². The third kappa shape index (κ3) is 3.83. The van der Waals surface area contributed by atoms with Crippen molar-refractivity contribution in [3.05, 3.63) is 22.4 Å². The van der Waals surface area contributed by atoms with Gasteiger partial charge in [0, 0.05) is 23.9 Å². The molecule has 0 radical (unpaired) electrons. The van der Waals surface area contributed by atoms with Crippen molar-refractivity contribution in [3.8, 4) is 0 Å². The zero-order chi connectivity index (χ0) is 14.4. The Hall–Kier alpha value is -0.870. The monoisotopic (exact) mass is 294 g/mol. The Balaban J connectivity index is 1.82. The Morgan fingerprint density at radius 3 is 3.00 bits per heavy atom. The molecule has 1 aliphatic carbocycles. The van der Waals surface area contributed by atoms with Gasteiger partial charge in [0.05, 0.1) is 0 Å². The Kier molecular flexibility index (Phi) is 6.05. The summed E-state index contributed by atoms with van der Waals surface area (Å²) in [6.07, 6.45) is 6.17. The van der Waals surface area contributed by atoms with E-state index in [9.17, 15) is 4.79 Å². The lowest BCUT2D eigenvalue weighted by molar-refractivity contribution is -0.134. The lowest BCUT2D eigenvalue weighted by atomic mass is 10.0. The predicted molar refractivity (Wildman–Crippen MR) is 84.8 cm³/mol. The molecule has 1 amide bonds.